The first-order valence-electron chi connectivity index (χ1n) is 10.2. The van der Waals surface area contributed by atoms with Gasteiger partial charge in [0.05, 0.1) is 5.69 Å². The number of H-pyrrole nitrogens is 1. The van der Waals surface area contributed by atoms with Crippen LogP contribution in [0.4, 0.5) is 0 Å². The molecule has 1 saturated carbocycles. The molecular formula is C20H34N4O2. The predicted molar refractivity (Wildman–Crippen MR) is 102 cm³/mol. The quantitative estimate of drug-likeness (QED) is 0.696. The summed E-state index contributed by atoms with van der Waals surface area (Å²) in [6.07, 6.45) is 9.14. The summed E-state index contributed by atoms with van der Waals surface area (Å²) in [6, 6.07) is 0. The zero-order valence-electron chi connectivity index (χ0n) is 16.3. The number of hydrogen-bond acceptors (Lipinski definition) is 4. The summed E-state index contributed by atoms with van der Waals surface area (Å²) in [7, 11) is 0. The number of carbonyl (C=O) groups excluding carboxylic acids is 1. The Kier molecular flexibility index (Phi) is 6.35. The van der Waals surface area contributed by atoms with Crippen molar-refractivity contribution in [1.29, 1.82) is 0 Å². The third-order valence-electron chi connectivity index (χ3n) is 6.24. The van der Waals surface area contributed by atoms with Gasteiger partial charge in [-0.15, -0.1) is 0 Å². The normalized spacial score (nSPS) is 25.0. The van der Waals surface area contributed by atoms with Crippen LogP contribution in [0.1, 0.15) is 68.3 Å². The van der Waals surface area contributed by atoms with Gasteiger partial charge in [0.2, 0.25) is 0 Å². The van der Waals surface area contributed by atoms with Crippen LogP contribution in [0.25, 0.3) is 0 Å². The van der Waals surface area contributed by atoms with E-state index in [1.165, 1.54) is 32.1 Å². The van der Waals surface area contributed by atoms with E-state index in [-0.39, 0.29) is 5.91 Å². The molecule has 2 fully saturated rings. The Hall–Kier alpha value is -1.40. The van der Waals surface area contributed by atoms with E-state index in [0.717, 1.165) is 48.8 Å². The summed E-state index contributed by atoms with van der Waals surface area (Å²) < 4.78 is 0. The van der Waals surface area contributed by atoms with Gasteiger partial charge in [0, 0.05) is 37.4 Å². The Balaban J connectivity index is 1.50. The van der Waals surface area contributed by atoms with Gasteiger partial charge in [-0.3, -0.25) is 9.89 Å². The molecule has 1 aromatic rings. The molecule has 1 aromatic heterocycles. The standard InChI is InChI=1S/C20H34N4O2/c1-15-18(16(2)23-22-15)13-21-14-20(26)10-6-11-24(19(20)25)12-9-17-7-4-3-5-8-17/h17,21,26H,3-14H2,1-2H3,(H,22,23). The Morgan fingerprint density at radius 1 is 1.27 bits per heavy atom. The van der Waals surface area contributed by atoms with Crippen molar-refractivity contribution in [2.75, 3.05) is 19.6 Å². The molecule has 1 saturated heterocycles. The summed E-state index contributed by atoms with van der Waals surface area (Å²) in [6.45, 7) is 6.46. The molecule has 3 rings (SSSR count). The fourth-order valence-corrected chi connectivity index (χ4v) is 4.49. The highest BCUT2D eigenvalue weighted by Crippen LogP contribution is 2.28. The summed E-state index contributed by atoms with van der Waals surface area (Å²) in [5.74, 6) is 0.671. The molecular weight excluding hydrogens is 328 g/mol. The number of rotatable bonds is 7. The molecule has 2 aliphatic rings. The van der Waals surface area contributed by atoms with E-state index in [1.807, 2.05) is 18.7 Å². The summed E-state index contributed by atoms with van der Waals surface area (Å²) in [5.41, 5.74) is 1.85. The number of aliphatic hydroxyl groups is 1. The van der Waals surface area contributed by atoms with E-state index in [1.54, 1.807) is 0 Å². The van der Waals surface area contributed by atoms with Crippen LogP contribution in [0.3, 0.4) is 0 Å². The molecule has 146 valence electrons. The van der Waals surface area contributed by atoms with Gasteiger partial charge in [0.15, 0.2) is 5.60 Å². The molecule has 1 atom stereocenters. The summed E-state index contributed by atoms with van der Waals surface area (Å²) in [5, 5.41) is 21.4. The molecule has 0 radical (unpaired) electrons. The second-order valence-corrected chi connectivity index (χ2v) is 8.24. The van der Waals surface area contributed by atoms with Crippen LogP contribution >= 0.6 is 0 Å². The monoisotopic (exact) mass is 362 g/mol. The lowest BCUT2D eigenvalue weighted by Gasteiger charge is -2.39. The highest BCUT2D eigenvalue weighted by atomic mass is 16.3. The molecule has 1 aliphatic carbocycles. The van der Waals surface area contributed by atoms with Crippen LogP contribution in [-0.2, 0) is 11.3 Å². The Labute approximate surface area is 156 Å². The van der Waals surface area contributed by atoms with Crippen molar-refractivity contribution in [2.24, 2.45) is 5.92 Å². The van der Waals surface area contributed by atoms with Gasteiger partial charge >= 0.3 is 0 Å². The molecule has 6 heteroatoms. The van der Waals surface area contributed by atoms with Gasteiger partial charge in [-0.05, 0) is 39.0 Å². The SMILES string of the molecule is Cc1n[nH]c(C)c1CNCC1(O)CCCN(CCC2CCCCC2)C1=O. The fraction of sp³-hybridized carbons (Fsp3) is 0.800. The van der Waals surface area contributed by atoms with Crippen molar-refractivity contribution < 1.29 is 9.90 Å². The molecule has 0 bridgehead atoms. The number of nitrogens with zero attached hydrogens (tertiary/aromatic N) is 2. The van der Waals surface area contributed by atoms with Crippen molar-refractivity contribution in [3.8, 4) is 0 Å². The number of piperidine rings is 1. The smallest absolute Gasteiger partial charge is 0.255 e. The topological polar surface area (TPSA) is 81.2 Å². The molecule has 2 heterocycles. The molecule has 3 N–H and O–H groups in total. The van der Waals surface area contributed by atoms with E-state index >= 15 is 0 Å². The minimum Gasteiger partial charge on any atom is -0.379 e. The van der Waals surface area contributed by atoms with Gasteiger partial charge in [0.25, 0.3) is 5.91 Å². The minimum absolute atomic E-state index is 0.0901. The lowest BCUT2D eigenvalue weighted by Crippen LogP contribution is -2.58. The third kappa shape index (κ3) is 4.46. The summed E-state index contributed by atoms with van der Waals surface area (Å²) >= 11 is 0. The van der Waals surface area contributed by atoms with Crippen molar-refractivity contribution in [3.63, 3.8) is 0 Å². The van der Waals surface area contributed by atoms with E-state index in [9.17, 15) is 9.90 Å². The highest BCUT2D eigenvalue weighted by molar-refractivity contribution is 5.86. The van der Waals surface area contributed by atoms with Gasteiger partial charge in [0.1, 0.15) is 0 Å². The predicted octanol–water partition coefficient (Wildman–Crippen LogP) is 2.44. The number of aromatic nitrogens is 2. The maximum atomic E-state index is 12.9. The highest BCUT2D eigenvalue weighted by Gasteiger charge is 2.41. The second-order valence-electron chi connectivity index (χ2n) is 8.24. The number of aryl methyl sites for hydroxylation is 2. The number of nitrogens with one attached hydrogen (secondary N) is 2. The van der Waals surface area contributed by atoms with Crippen LogP contribution in [0.5, 0.6) is 0 Å². The summed E-state index contributed by atoms with van der Waals surface area (Å²) in [4.78, 5) is 14.8. The molecule has 1 aliphatic heterocycles. The largest absolute Gasteiger partial charge is 0.379 e. The van der Waals surface area contributed by atoms with Crippen LogP contribution in [0.2, 0.25) is 0 Å². The van der Waals surface area contributed by atoms with Crippen LogP contribution in [0.15, 0.2) is 0 Å². The van der Waals surface area contributed by atoms with Crippen LogP contribution < -0.4 is 5.32 Å². The molecule has 6 nitrogen and oxygen atoms in total. The molecule has 0 spiro atoms. The third-order valence-corrected chi connectivity index (χ3v) is 6.24. The Morgan fingerprint density at radius 2 is 2.04 bits per heavy atom. The molecule has 1 amide bonds. The average molecular weight is 363 g/mol. The van der Waals surface area contributed by atoms with E-state index < -0.39 is 5.60 Å². The number of likely N-dealkylation sites (tertiary alicyclic amines) is 1. The minimum atomic E-state index is -1.27. The van der Waals surface area contributed by atoms with Crippen molar-refractivity contribution in [3.05, 3.63) is 17.0 Å². The van der Waals surface area contributed by atoms with E-state index in [2.05, 4.69) is 15.5 Å². The van der Waals surface area contributed by atoms with Crippen molar-refractivity contribution in [2.45, 2.75) is 77.4 Å². The first kappa shape index (κ1) is 19.4. The Bertz CT molecular complexity index is 589. The lowest BCUT2D eigenvalue weighted by atomic mass is 9.86. The van der Waals surface area contributed by atoms with Crippen LogP contribution in [-0.4, -0.2) is 51.3 Å². The van der Waals surface area contributed by atoms with Crippen LogP contribution in [0, 0.1) is 19.8 Å². The maximum Gasteiger partial charge on any atom is 0.255 e. The van der Waals surface area contributed by atoms with Gasteiger partial charge in [-0.2, -0.15) is 5.10 Å². The molecule has 1 unspecified atom stereocenters. The Morgan fingerprint density at radius 3 is 2.73 bits per heavy atom. The first-order chi connectivity index (χ1) is 12.5. The first-order valence-corrected chi connectivity index (χ1v) is 10.2. The maximum absolute atomic E-state index is 12.9. The second kappa shape index (κ2) is 8.53. The van der Waals surface area contributed by atoms with E-state index in [0.29, 0.717) is 19.5 Å². The zero-order valence-corrected chi connectivity index (χ0v) is 16.3. The van der Waals surface area contributed by atoms with Gasteiger partial charge in [-0.1, -0.05) is 32.1 Å². The van der Waals surface area contributed by atoms with Gasteiger partial charge in [-0.25, -0.2) is 0 Å². The number of aromatic amines is 1. The van der Waals surface area contributed by atoms with E-state index in [4.69, 9.17) is 0 Å². The lowest BCUT2D eigenvalue weighted by molar-refractivity contribution is -0.156. The number of amides is 1. The van der Waals surface area contributed by atoms with Crippen molar-refractivity contribution >= 4 is 5.91 Å². The number of hydrogen-bond donors (Lipinski definition) is 3. The molecule has 0 aromatic carbocycles. The van der Waals surface area contributed by atoms with Crippen molar-refractivity contribution in [1.82, 2.24) is 20.4 Å². The van der Waals surface area contributed by atoms with Gasteiger partial charge < -0.3 is 15.3 Å². The zero-order chi connectivity index (χ0) is 18.6. The number of carbonyl (C=O) groups is 1. The molecule has 26 heavy (non-hydrogen) atoms. The average Bonchev–Trinajstić information content (AvgIpc) is 2.96. The fourth-order valence-electron chi connectivity index (χ4n) is 4.49.